The molecule has 0 aliphatic heterocycles. The van der Waals surface area contributed by atoms with Gasteiger partial charge in [0.05, 0.1) is 0 Å². The molecule has 20 heavy (non-hydrogen) atoms. The van der Waals surface area contributed by atoms with Gasteiger partial charge in [-0.15, -0.1) is 0 Å². The van der Waals surface area contributed by atoms with E-state index in [-0.39, 0.29) is 6.42 Å². The molecule has 0 radical (unpaired) electrons. The van der Waals surface area contributed by atoms with E-state index in [0.29, 0.717) is 6.42 Å². The van der Waals surface area contributed by atoms with Crippen LogP contribution in [0.25, 0.3) is 10.9 Å². The topological polar surface area (TPSA) is 53.1 Å². The van der Waals surface area contributed by atoms with Crippen LogP contribution in [-0.2, 0) is 11.2 Å². The first-order chi connectivity index (χ1) is 9.58. The molecule has 0 aliphatic carbocycles. The van der Waals surface area contributed by atoms with Gasteiger partial charge in [-0.25, -0.2) is 0 Å². The predicted octanol–water partition coefficient (Wildman–Crippen LogP) is 5.31. The van der Waals surface area contributed by atoms with Gasteiger partial charge in [-0.2, -0.15) is 0 Å². The summed E-state index contributed by atoms with van der Waals surface area (Å²) in [4.78, 5) is 13.9. The maximum Gasteiger partial charge on any atom is 0.303 e. The number of rotatable bonds is 3. The van der Waals surface area contributed by atoms with Gasteiger partial charge in [-0.1, -0.05) is 43.6 Å². The highest BCUT2D eigenvalue weighted by atomic mass is 79.9. The average molecular weight is 342 g/mol. The van der Waals surface area contributed by atoms with Crippen molar-refractivity contribution in [2.45, 2.75) is 47.5 Å². The molecule has 0 spiro atoms. The molecule has 1 aromatic carbocycles. The molecule has 1 aromatic heterocycles. The van der Waals surface area contributed by atoms with Crippen LogP contribution in [0.4, 0.5) is 0 Å². The lowest BCUT2D eigenvalue weighted by Gasteiger charge is -1.99. The second-order valence-electron chi connectivity index (χ2n) is 3.81. The third-order valence-corrected chi connectivity index (χ3v) is 3.16. The number of halogens is 1. The first-order valence-electron chi connectivity index (χ1n) is 7.06. The molecule has 0 aliphatic rings. The fourth-order valence-electron chi connectivity index (χ4n) is 1.91. The Morgan fingerprint density at radius 3 is 2.40 bits per heavy atom. The number of H-pyrrole nitrogens is 1. The van der Waals surface area contributed by atoms with Crippen LogP contribution in [0.15, 0.2) is 22.7 Å². The summed E-state index contributed by atoms with van der Waals surface area (Å²) in [5, 5.41) is 9.82. The van der Waals surface area contributed by atoms with E-state index in [1.807, 2.05) is 52.8 Å². The first-order valence-corrected chi connectivity index (χ1v) is 7.85. The average Bonchev–Trinajstić information content (AvgIpc) is 2.76. The smallest absolute Gasteiger partial charge is 0.303 e. The van der Waals surface area contributed by atoms with Gasteiger partial charge >= 0.3 is 5.97 Å². The third-order valence-electron chi connectivity index (χ3n) is 2.67. The zero-order valence-electron chi connectivity index (χ0n) is 12.9. The molecule has 0 saturated carbocycles. The molecule has 2 rings (SSSR count). The Kier molecular flexibility index (Phi) is 8.97. The van der Waals surface area contributed by atoms with Gasteiger partial charge in [-0.3, -0.25) is 4.79 Å². The van der Waals surface area contributed by atoms with E-state index in [2.05, 4.69) is 20.9 Å². The summed E-state index contributed by atoms with van der Waals surface area (Å²) in [7, 11) is 0. The van der Waals surface area contributed by atoms with E-state index < -0.39 is 5.97 Å². The third kappa shape index (κ3) is 5.00. The van der Waals surface area contributed by atoms with Crippen molar-refractivity contribution in [1.82, 2.24) is 4.98 Å². The molecular formula is C16H24BrNO2. The van der Waals surface area contributed by atoms with Gasteiger partial charge in [0.25, 0.3) is 0 Å². The molecule has 0 fully saturated rings. The van der Waals surface area contributed by atoms with E-state index in [0.717, 1.165) is 26.6 Å². The van der Waals surface area contributed by atoms with E-state index in [9.17, 15) is 4.79 Å². The normalized spacial score (nSPS) is 9.30. The Morgan fingerprint density at radius 1 is 1.25 bits per heavy atom. The largest absolute Gasteiger partial charge is 0.481 e. The molecular weight excluding hydrogens is 318 g/mol. The van der Waals surface area contributed by atoms with Crippen molar-refractivity contribution >= 4 is 32.8 Å². The predicted molar refractivity (Wildman–Crippen MR) is 89.4 cm³/mol. The number of carbonyl (C=O) groups is 1. The second-order valence-corrected chi connectivity index (χ2v) is 4.73. The zero-order chi connectivity index (χ0) is 15.7. The van der Waals surface area contributed by atoms with Crippen LogP contribution in [0, 0.1) is 6.92 Å². The van der Waals surface area contributed by atoms with Crippen LogP contribution in [0.1, 0.15) is 45.4 Å². The Balaban J connectivity index is 0.000000829. The molecule has 112 valence electrons. The van der Waals surface area contributed by atoms with Crippen LogP contribution in [-0.4, -0.2) is 16.1 Å². The second kappa shape index (κ2) is 9.59. The summed E-state index contributed by atoms with van der Waals surface area (Å²) in [5.74, 6) is -0.760. The van der Waals surface area contributed by atoms with Crippen molar-refractivity contribution in [1.29, 1.82) is 0 Å². The van der Waals surface area contributed by atoms with Gasteiger partial charge in [0, 0.05) is 27.5 Å². The Labute approximate surface area is 129 Å². The van der Waals surface area contributed by atoms with Gasteiger partial charge < -0.3 is 10.1 Å². The standard InChI is InChI=1S/C12H12BrNO2.2C2H6/c1-7-9(3-5-12(15)16)10-6-8(13)2-4-11(10)14-7;2*1-2/h2,4,6,14H,3,5H2,1H3,(H,15,16);2*1-2H3. The first kappa shape index (κ1) is 18.7. The van der Waals surface area contributed by atoms with E-state index >= 15 is 0 Å². The fourth-order valence-corrected chi connectivity index (χ4v) is 2.27. The van der Waals surface area contributed by atoms with Gasteiger partial charge in [0.1, 0.15) is 0 Å². The highest BCUT2D eigenvalue weighted by molar-refractivity contribution is 9.10. The highest BCUT2D eigenvalue weighted by Gasteiger charge is 2.10. The Bertz CT molecular complexity index is 547. The van der Waals surface area contributed by atoms with Gasteiger partial charge in [0.15, 0.2) is 0 Å². The molecule has 1 heterocycles. The molecule has 0 unspecified atom stereocenters. The van der Waals surface area contributed by atoms with Gasteiger partial charge in [0.2, 0.25) is 0 Å². The monoisotopic (exact) mass is 341 g/mol. The maximum absolute atomic E-state index is 10.6. The number of aliphatic carboxylic acids is 1. The van der Waals surface area contributed by atoms with E-state index in [1.54, 1.807) is 0 Å². The number of hydrogen-bond acceptors (Lipinski definition) is 1. The van der Waals surface area contributed by atoms with Crippen LogP contribution in [0.2, 0.25) is 0 Å². The van der Waals surface area contributed by atoms with Crippen LogP contribution in [0.5, 0.6) is 0 Å². The summed E-state index contributed by atoms with van der Waals surface area (Å²) < 4.78 is 1.01. The van der Waals surface area contributed by atoms with Crippen molar-refractivity contribution in [3.63, 3.8) is 0 Å². The number of nitrogens with one attached hydrogen (secondary N) is 1. The molecule has 0 saturated heterocycles. The van der Waals surface area contributed by atoms with Crippen molar-refractivity contribution in [3.8, 4) is 0 Å². The number of carboxylic acids is 1. The molecule has 0 bridgehead atoms. The van der Waals surface area contributed by atoms with Crippen molar-refractivity contribution in [2.75, 3.05) is 0 Å². The summed E-state index contributed by atoms with van der Waals surface area (Å²) in [5.41, 5.74) is 3.20. The Morgan fingerprint density at radius 2 is 1.85 bits per heavy atom. The lowest BCUT2D eigenvalue weighted by atomic mass is 10.1. The minimum absolute atomic E-state index is 0.167. The number of hydrogen-bond donors (Lipinski definition) is 2. The lowest BCUT2D eigenvalue weighted by Crippen LogP contribution is -1.97. The summed E-state index contributed by atoms with van der Waals surface area (Å²) in [6, 6.07) is 5.99. The zero-order valence-corrected chi connectivity index (χ0v) is 14.5. The number of benzene rings is 1. The van der Waals surface area contributed by atoms with E-state index in [4.69, 9.17) is 5.11 Å². The van der Waals surface area contributed by atoms with E-state index in [1.165, 1.54) is 0 Å². The number of aromatic nitrogens is 1. The quantitative estimate of drug-likeness (QED) is 0.794. The Hall–Kier alpha value is -1.29. The minimum Gasteiger partial charge on any atom is -0.481 e. The van der Waals surface area contributed by atoms with Crippen LogP contribution in [0.3, 0.4) is 0 Å². The number of aromatic amines is 1. The summed E-state index contributed by atoms with van der Waals surface area (Å²) in [6.45, 7) is 9.98. The van der Waals surface area contributed by atoms with Crippen LogP contribution < -0.4 is 0 Å². The summed E-state index contributed by atoms with van der Waals surface area (Å²) in [6.07, 6.45) is 0.734. The molecule has 0 atom stereocenters. The molecule has 3 nitrogen and oxygen atoms in total. The highest BCUT2D eigenvalue weighted by Crippen LogP contribution is 2.26. The SMILES string of the molecule is CC.CC.Cc1[nH]c2ccc(Br)cc2c1CCC(=O)O. The van der Waals surface area contributed by atoms with Gasteiger partial charge in [-0.05, 0) is 37.1 Å². The van der Waals surface area contributed by atoms with Crippen LogP contribution >= 0.6 is 15.9 Å². The summed E-state index contributed by atoms with van der Waals surface area (Å²) >= 11 is 3.43. The molecule has 4 heteroatoms. The maximum atomic E-state index is 10.6. The van der Waals surface area contributed by atoms with Crippen molar-refractivity contribution in [2.24, 2.45) is 0 Å². The minimum atomic E-state index is -0.760. The molecule has 2 N–H and O–H groups in total. The number of carboxylic acid groups (broad SMARTS) is 1. The fraction of sp³-hybridized carbons (Fsp3) is 0.438. The van der Waals surface area contributed by atoms with Crippen molar-refractivity contribution in [3.05, 3.63) is 33.9 Å². The van der Waals surface area contributed by atoms with Crippen molar-refractivity contribution < 1.29 is 9.90 Å². The molecule has 0 amide bonds. The number of fused-ring (bicyclic) bond motifs is 1. The lowest BCUT2D eigenvalue weighted by molar-refractivity contribution is -0.136. The molecule has 2 aromatic rings. The number of aryl methyl sites for hydroxylation is 2.